The minimum absolute atomic E-state index is 0.299. The number of rotatable bonds is 1. The summed E-state index contributed by atoms with van der Waals surface area (Å²) in [6.45, 7) is 0. The predicted molar refractivity (Wildman–Crippen MR) is 58.1 cm³/mol. The summed E-state index contributed by atoms with van der Waals surface area (Å²) in [5, 5.41) is 11.6. The first-order valence-electron chi connectivity index (χ1n) is 4.45. The van der Waals surface area contributed by atoms with Crippen LogP contribution in [0.2, 0.25) is 0 Å². The topological polar surface area (TPSA) is 20.2 Å². The third-order valence-corrected chi connectivity index (χ3v) is 2.21. The lowest BCUT2D eigenvalue weighted by Crippen LogP contribution is -1.82. The van der Waals surface area contributed by atoms with Crippen LogP contribution < -0.4 is 0 Å². The largest absolute Gasteiger partial charge is 0.507 e. The standard InChI is InChI=1S/C13H10O/c1-2-5-10-8-11-6-3-4-7-12(11)13(14)9-10/h1,3-4,6-9,14H,5H2. The Kier molecular flexibility index (Phi) is 2.12. The van der Waals surface area contributed by atoms with E-state index in [1.54, 1.807) is 6.07 Å². The summed E-state index contributed by atoms with van der Waals surface area (Å²) in [6, 6.07) is 11.4. The van der Waals surface area contributed by atoms with E-state index in [1.165, 1.54) is 0 Å². The van der Waals surface area contributed by atoms with E-state index in [1.807, 2.05) is 30.3 Å². The molecule has 0 bridgehead atoms. The van der Waals surface area contributed by atoms with E-state index in [4.69, 9.17) is 6.42 Å². The van der Waals surface area contributed by atoms with Crippen molar-refractivity contribution >= 4 is 10.8 Å². The molecule has 14 heavy (non-hydrogen) atoms. The molecule has 2 aromatic rings. The first kappa shape index (κ1) is 8.65. The summed E-state index contributed by atoms with van der Waals surface area (Å²) in [5.74, 6) is 2.86. The van der Waals surface area contributed by atoms with E-state index < -0.39 is 0 Å². The summed E-state index contributed by atoms with van der Waals surface area (Å²) in [6.07, 6.45) is 5.78. The first-order valence-corrected chi connectivity index (χ1v) is 4.45. The van der Waals surface area contributed by atoms with Crippen molar-refractivity contribution in [1.29, 1.82) is 0 Å². The van der Waals surface area contributed by atoms with Crippen molar-refractivity contribution in [3.63, 3.8) is 0 Å². The molecule has 1 N–H and O–H groups in total. The molecule has 0 radical (unpaired) electrons. The van der Waals surface area contributed by atoms with Gasteiger partial charge < -0.3 is 5.11 Å². The van der Waals surface area contributed by atoms with Crippen LogP contribution >= 0.6 is 0 Å². The second-order valence-electron chi connectivity index (χ2n) is 3.22. The highest BCUT2D eigenvalue weighted by atomic mass is 16.3. The number of hydrogen-bond acceptors (Lipinski definition) is 1. The molecule has 0 saturated carbocycles. The molecule has 1 nitrogen and oxygen atoms in total. The van der Waals surface area contributed by atoms with Crippen molar-refractivity contribution in [3.8, 4) is 18.1 Å². The highest BCUT2D eigenvalue weighted by molar-refractivity contribution is 5.88. The molecule has 68 valence electrons. The van der Waals surface area contributed by atoms with Crippen LogP contribution in [0.5, 0.6) is 5.75 Å². The van der Waals surface area contributed by atoms with Crippen molar-refractivity contribution in [2.45, 2.75) is 6.42 Å². The first-order chi connectivity index (χ1) is 6.81. The van der Waals surface area contributed by atoms with Gasteiger partial charge in [0.05, 0.1) is 0 Å². The molecule has 0 fully saturated rings. The van der Waals surface area contributed by atoms with Gasteiger partial charge in [-0.2, -0.15) is 0 Å². The van der Waals surface area contributed by atoms with Crippen LogP contribution in [0.3, 0.4) is 0 Å². The Morgan fingerprint density at radius 3 is 2.79 bits per heavy atom. The minimum atomic E-state index is 0.299. The van der Waals surface area contributed by atoms with Crippen LogP contribution in [0.1, 0.15) is 5.56 Å². The molecule has 0 spiro atoms. The Morgan fingerprint density at radius 1 is 1.21 bits per heavy atom. The summed E-state index contributed by atoms with van der Waals surface area (Å²) in [4.78, 5) is 0. The number of terminal acetylenes is 1. The number of phenols is 1. The van der Waals surface area contributed by atoms with Crippen LogP contribution in [0.25, 0.3) is 10.8 Å². The van der Waals surface area contributed by atoms with Crippen molar-refractivity contribution in [2.75, 3.05) is 0 Å². The third-order valence-electron chi connectivity index (χ3n) is 2.21. The van der Waals surface area contributed by atoms with Gasteiger partial charge in [0.25, 0.3) is 0 Å². The Hall–Kier alpha value is -1.94. The van der Waals surface area contributed by atoms with Gasteiger partial charge in [0, 0.05) is 11.8 Å². The zero-order valence-electron chi connectivity index (χ0n) is 7.70. The van der Waals surface area contributed by atoms with Crippen molar-refractivity contribution in [2.24, 2.45) is 0 Å². The van der Waals surface area contributed by atoms with Crippen LogP contribution in [-0.2, 0) is 6.42 Å². The SMILES string of the molecule is C#CCc1cc(O)c2ccccc2c1. The molecule has 0 aliphatic rings. The van der Waals surface area contributed by atoms with Gasteiger partial charge in [0.2, 0.25) is 0 Å². The zero-order chi connectivity index (χ0) is 9.97. The van der Waals surface area contributed by atoms with E-state index in [0.717, 1.165) is 16.3 Å². The van der Waals surface area contributed by atoms with Crippen molar-refractivity contribution in [1.82, 2.24) is 0 Å². The monoisotopic (exact) mass is 182 g/mol. The fourth-order valence-electron chi connectivity index (χ4n) is 1.57. The van der Waals surface area contributed by atoms with E-state index >= 15 is 0 Å². The van der Waals surface area contributed by atoms with E-state index in [9.17, 15) is 5.11 Å². The Bertz CT molecular complexity index is 506. The van der Waals surface area contributed by atoms with Gasteiger partial charge in [-0.05, 0) is 23.1 Å². The van der Waals surface area contributed by atoms with Gasteiger partial charge in [-0.25, -0.2) is 0 Å². The summed E-state index contributed by atoms with van der Waals surface area (Å²) < 4.78 is 0. The van der Waals surface area contributed by atoms with Crippen molar-refractivity contribution < 1.29 is 5.11 Å². The molecular weight excluding hydrogens is 172 g/mol. The summed E-state index contributed by atoms with van der Waals surface area (Å²) in [7, 11) is 0. The number of phenolic OH excluding ortho intramolecular Hbond substituents is 1. The second-order valence-corrected chi connectivity index (χ2v) is 3.22. The third kappa shape index (κ3) is 1.43. The van der Waals surface area contributed by atoms with E-state index in [0.29, 0.717) is 12.2 Å². The average molecular weight is 182 g/mol. The fraction of sp³-hybridized carbons (Fsp3) is 0.0769. The van der Waals surface area contributed by atoms with Gasteiger partial charge in [0.15, 0.2) is 0 Å². The lowest BCUT2D eigenvalue weighted by atomic mass is 10.0. The van der Waals surface area contributed by atoms with Gasteiger partial charge in [-0.1, -0.05) is 24.3 Å². The number of hydrogen-bond donors (Lipinski definition) is 1. The molecule has 0 amide bonds. The molecule has 0 atom stereocenters. The van der Waals surface area contributed by atoms with Crippen LogP contribution in [0, 0.1) is 12.3 Å². The van der Waals surface area contributed by atoms with Gasteiger partial charge in [0.1, 0.15) is 5.75 Å². The average Bonchev–Trinajstić information content (AvgIpc) is 2.18. The van der Waals surface area contributed by atoms with E-state index in [2.05, 4.69) is 5.92 Å². The molecular formula is C13H10O. The maximum atomic E-state index is 9.71. The van der Waals surface area contributed by atoms with Crippen molar-refractivity contribution in [3.05, 3.63) is 42.0 Å². The highest BCUT2D eigenvalue weighted by Gasteiger charge is 2.00. The number of aromatic hydroxyl groups is 1. The van der Waals surface area contributed by atoms with Crippen LogP contribution in [-0.4, -0.2) is 5.11 Å². The Labute approximate surface area is 83.0 Å². The lowest BCUT2D eigenvalue weighted by molar-refractivity contribution is 0.481. The molecule has 0 aliphatic heterocycles. The Morgan fingerprint density at radius 2 is 2.00 bits per heavy atom. The smallest absolute Gasteiger partial charge is 0.123 e. The molecule has 1 heteroatoms. The molecule has 2 aromatic carbocycles. The van der Waals surface area contributed by atoms with Gasteiger partial charge >= 0.3 is 0 Å². The normalized spacial score (nSPS) is 9.93. The maximum Gasteiger partial charge on any atom is 0.123 e. The van der Waals surface area contributed by atoms with Gasteiger partial charge in [-0.15, -0.1) is 12.3 Å². The minimum Gasteiger partial charge on any atom is -0.507 e. The number of fused-ring (bicyclic) bond motifs is 1. The van der Waals surface area contributed by atoms with Gasteiger partial charge in [-0.3, -0.25) is 0 Å². The number of benzene rings is 2. The predicted octanol–water partition coefficient (Wildman–Crippen LogP) is 2.72. The van der Waals surface area contributed by atoms with Crippen LogP contribution in [0.4, 0.5) is 0 Å². The van der Waals surface area contributed by atoms with Crippen LogP contribution in [0.15, 0.2) is 36.4 Å². The summed E-state index contributed by atoms with van der Waals surface area (Å²) in [5.41, 5.74) is 0.976. The highest BCUT2D eigenvalue weighted by Crippen LogP contribution is 2.26. The molecule has 0 unspecified atom stereocenters. The summed E-state index contributed by atoms with van der Waals surface area (Å²) >= 11 is 0. The molecule has 0 saturated heterocycles. The Balaban J connectivity index is 2.67. The van der Waals surface area contributed by atoms with E-state index in [-0.39, 0.29) is 0 Å². The fourth-order valence-corrected chi connectivity index (χ4v) is 1.57. The maximum absolute atomic E-state index is 9.71. The molecule has 0 aliphatic carbocycles. The lowest BCUT2D eigenvalue weighted by Gasteiger charge is -2.03. The second kappa shape index (κ2) is 3.43. The molecule has 2 rings (SSSR count). The quantitative estimate of drug-likeness (QED) is 0.672. The molecule has 0 aromatic heterocycles. The zero-order valence-corrected chi connectivity index (χ0v) is 7.70. The molecule has 0 heterocycles.